The Morgan fingerprint density at radius 2 is 2.11 bits per heavy atom. The van der Waals surface area contributed by atoms with Crippen molar-refractivity contribution in [3.63, 3.8) is 0 Å². The number of nitrogens with zero attached hydrogens (tertiary/aromatic N) is 1. The summed E-state index contributed by atoms with van der Waals surface area (Å²) < 4.78 is 4.70. The molecule has 19 heavy (non-hydrogen) atoms. The van der Waals surface area contributed by atoms with E-state index in [2.05, 4.69) is 0 Å². The predicted octanol–water partition coefficient (Wildman–Crippen LogP) is 1.30. The van der Waals surface area contributed by atoms with Gasteiger partial charge in [-0.2, -0.15) is 0 Å². The van der Waals surface area contributed by atoms with Crippen molar-refractivity contribution in [2.75, 3.05) is 13.7 Å². The van der Waals surface area contributed by atoms with E-state index in [1.807, 2.05) is 13.8 Å². The van der Waals surface area contributed by atoms with E-state index >= 15 is 0 Å². The molecule has 5 heteroatoms. The van der Waals surface area contributed by atoms with Crippen LogP contribution in [0.2, 0.25) is 0 Å². The summed E-state index contributed by atoms with van der Waals surface area (Å²) in [6.45, 7) is 4.71. The van der Waals surface area contributed by atoms with Crippen LogP contribution in [-0.2, 0) is 14.3 Å². The molecule has 1 saturated heterocycles. The summed E-state index contributed by atoms with van der Waals surface area (Å²) in [5.41, 5.74) is 6.02. The quantitative estimate of drug-likeness (QED) is 0.764. The first-order chi connectivity index (χ1) is 9.01. The standard InChI is InChI=1S/C14H26N2O3/c1-4-10(2)13(15)14(18)16-8-6-5-7-11(16)9-12(17)19-3/h10-11,13H,4-9,15H2,1-3H3/t10?,11?,13-/m0/s1. The molecule has 1 rings (SSSR count). The van der Waals surface area contributed by atoms with E-state index in [0.717, 1.165) is 25.7 Å². The number of nitrogens with two attached hydrogens (primary N) is 1. The topological polar surface area (TPSA) is 72.6 Å². The molecule has 2 N–H and O–H groups in total. The zero-order valence-corrected chi connectivity index (χ0v) is 12.2. The van der Waals surface area contributed by atoms with Crippen LogP contribution in [0.1, 0.15) is 46.0 Å². The minimum atomic E-state index is -0.469. The van der Waals surface area contributed by atoms with Gasteiger partial charge in [0.15, 0.2) is 0 Å². The Hall–Kier alpha value is -1.10. The summed E-state index contributed by atoms with van der Waals surface area (Å²) in [6.07, 6.45) is 4.03. The molecule has 110 valence electrons. The molecule has 3 atom stereocenters. The van der Waals surface area contributed by atoms with Gasteiger partial charge in [0, 0.05) is 12.6 Å². The molecule has 5 nitrogen and oxygen atoms in total. The zero-order valence-electron chi connectivity index (χ0n) is 12.2. The molecular formula is C14H26N2O3. The van der Waals surface area contributed by atoms with Crippen LogP contribution in [0.5, 0.6) is 0 Å². The SMILES string of the molecule is CCC(C)[C@H](N)C(=O)N1CCCCC1CC(=O)OC. The van der Waals surface area contributed by atoms with Crippen molar-refractivity contribution in [1.29, 1.82) is 0 Å². The molecule has 0 aromatic heterocycles. The van der Waals surface area contributed by atoms with Crippen LogP contribution in [0.3, 0.4) is 0 Å². The van der Waals surface area contributed by atoms with Gasteiger partial charge in [-0.25, -0.2) is 0 Å². The number of piperidine rings is 1. The fraction of sp³-hybridized carbons (Fsp3) is 0.857. The Labute approximate surface area is 115 Å². The summed E-state index contributed by atoms with van der Waals surface area (Å²) in [5, 5.41) is 0. The van der Waals surface area contributed by atoms with Gasteiger partial charge in [-0.1, -0.05) is 20.3 Å². The first-order valence-electron chi connectivity index (χ1n) is 7.14. The van der Waals surface area contributed by atoms with Crippen LogP contribution in [0, 0.1) is 5.92 Å². The maximum Gasteiger partial charge on any atom is 0.307 e. The van der Waals surface area contributed by atoms with Gasteiger partial charge in [-0.05, 0) is 25.2 Å². The van der Waals surface area contributed by atoms with Gasteiger partial charge in [0.25, 0.3) is 0 Å². The van der Waals surface area contributed by atoms with Gasteiger partial charge < -0.3 is 15.4 Å². The van der Waals surface area contributed by atoms with Gasteiger partial charge in [-0.15, -0.1) is 0 Å². The number of carbonyl (C=O) groups excluding carboxylic acids is 2. The Morgan fingerprint density at radius 3 is 2.68 bits per heavy atom. The molecule has 0 aromatic rings. The number of hydrogen-bond donors (Lipinski definition) is 1. The second-order valence-corrected chi connectivity index (χ2v) is 5.37. The Kier molecular flexibility index (Phi) is 6.28. The van der Waals surface area contributed by atoms with Gasteiger partial charge in [0.1, 0.15) is 0 Å². The zero-order chi connectivity index (χ0) is 14.4. The molecule has 1 amide bonds. The molecule has 1 aliphatic heterocycles. The number of ether oxygens (including phenoxy) is 1. The summed E-state index contributed by atoms with van der Waals surface area (Å²) in [7, 11) is 1.38. The van der Waals surface area contributed by atoms with E-state index in [4.69, 9.17) is 10.5 Å². The molecule has 1 aliphatic rings. The first kappa shape index (κ1) is 16.0. The third-order valence-corrected chi connectivity index (χ3v) is 4.08. The molecule has 0 aromatic carbocycles. The molecule has 0 saturated carbocycles. The van der Waals surface area contributed by atoms with Crippen molar-refractivity contribution in [2.45, 2.75) is 58.0 Å². The van der Waals surface area contributed by atoms with E-state index in [-0.39, 0.29) is 30.3 Å². The smallest absolute Gasteiger partial charge is 0.307 e. The maximum absolute atomic E-state index is 12.4. The third-order valence-electron chi connectivity index (χ3n) is 4.08. The molecule has 1 fully saturated rings. The van der Waals surface area contributed by atoms with Crippen molar-refractivity contribution in [1.82, 2.24) is 4.90 Å². The molecule has 0 bridgehead atoms. The summed E-state index contributed by atoms with van der Waals surface area (Å²) in [6, 6.07) is -0.521. The monoisotopic (exact) mass is 270 g/mol. The predicted molar refractivity (Wildman–Crippen MR) is 73.4 cm³/mol. The lowest BCUT2D eigenvalue weighted by Crippen LogP contribution is -2.53. The van der Waals surface area contributed by atoms with E-state index < -0.39 is 6.04 Å². The second kappa shape index (κ2) is 7.48. The van der Waals surface area contributed by atoms with E-state index in [1.54, 1.807) is 4.90 Å². The molecule has 0 aliphatic carbocycles. The maximum atomic E-state index is 12.4. The van der Waals surface area contributed by atoms with Crippen LogP contribution in [-0.4, -0.2) is 42.5 Å². The number of esters is 1. The normalized spacial score (nSPS) is 22.7. The highest BCUT2D eigenvalue weighted by molar-refractivity contribution is 5.83. The van der Waals surface area contributed by atoms with Crippen LogP contribution in [0.15, 0.2) is 0 Å². The minimum absolute atomic E-state index is 0.0250. The lowest BCUT2D eigenvalue weighted by molar-refractivity contribution is -0.145. The van der Waals surface area contributed by atoms with E-state index in [0.29, 0.717) is 6.54 Å². The fourth-order valence-corrected chi connectivity index (χ4v) is 2.47. The number of rotatable bonds is 5. The van der Waals surface area contributed by atoms with Crippen LogP contribution in [0.25, 0.3) is 0 Å². The second-order valence-electron chi connectivity index (χ2n) is 5.37. The number of hydrogen-bond acceptors (Lipinski definition) is 4. The van der Waals surface area contributed by atoms with Crippen LogP contribution < -0.4 is 5.73 Å². The van der Waals surface area contributed by atoms with Crippen molar-refractivity contribution in [2.24, 2.45) is 11.7 Å². The molecule has 0 radical (unpaired) electrons. The lowest BCUT2D eigenvalue weighted by Gasteiger charge is -2.37. The lowest BCUT2D eigenvalue weighted by atomic mass is 9.94. The van der Waals surface area contributed by atoms with Crippen molar-refractivity contribution in [3.8, 4) is 0 Å². The summed E-state index contributed by atoms with van der Waals surface area (Å²) >= 11 is 0. The molecule has 1 heterocycles. The highest BCUT2D eigenvalue weighted by atomic mass is 16.5. The van der Waals surface area contributed by atoms with Crippen molar-refractivity contribution >= 4 is 11.9 Å². The first-order valence-corrected chi connectivity index (χ1v) is 7.14. The fourth-order valence-electron chi connectivity index (χ4n) is 2.47. The molecule has 2 unspecified atom stereocenters. The highest BCUT2D eigenvalue weighted by Crippen LogP contribution is 2.22. The van der Waals surface area contributed by atoms with Crippen LogP contribution >= 0.6 is 0 Å². The van der Waals surface area contributed by atoms with Gasteiger partial charge in [0.2, 0.25) is 5.91 Å². The summed E-state index contributed by atoms with van der Waals surface area (Å²) in [5.74, 6) is -0.127. The van der Waals surface area contributed by atoms with Crippen LogP contribution in [0.4, 0.5) is 0 Å². The average molecular weight is 270 g/mol. The van der Waals surface area contributed by atoms with E-state index in [9.17, 15) is 9.59 Å². The number of carbonyl (C=O) groups is 2. The average Bonchev–Trinajstić information content (AvgIpc) is 2.45. The van der Waals surface area contributed by atoms with Gasteiger partial charge in [-0.3, -0.25) is 9.59 Å². The van der Waals surface area contributed by atoms with Gasteiger partial charge >= 0.3 is 5.97 Å². The van der Waals surface area contributed by atoms with Gasteiger partial charge in [0.05, 0.1) is 19.6 Å². The summed E-state index contributed by atoms with van der Waals surface area (Å²) in [4.78, 5) is 25.6. The Balaban J connectivity index is 2.70. The van der Waals surface area contributed by atoms with Crippen molar-refractivity contribution in [3.05, 3.63) is 0 Å². The molecular weight excluding hydrogens is 244 g/mol. The number of methoxy groups -OCH3 is 1. The third kappa shape index (κ3) is 4.20. The Morgan fingerprint density at radius 1 is 1.42 bits per heavy atom. The largest absolute Gasteiger partial charge is 0.469 e. The Bertz CT molecular complexity index is 320. The van der Waals surface area contributed by atoms with E-state index in [1.165, 1.54) is 7.11 Å². The number of amides is 1. The molecule has 0 spiro atoms. The minimum Gasteiger partial charge on any atom is -0.469 e. The number of likely N-dealkylation sites (tertiary alicyclic amines) is 1. The van der Waals surface area contributed by atoms with Crippen molar-refractivity contribution < 1.29 is 14.3 Å². The highest BCUT2D eigenvalue weighted by Gasteiger charge is 2.32.